The van der Waals surface area contributed by atoms with Crippen molar-refractivity contribution in [3.63, 3.8) is 0 Å². The molecule has 0 aliphatic rings. The molecule has 0 aliphatic carbocycles. The second kappa shape index (κ2) is 5.85. The zero-order valence-electron chi connectivity index (χ0n) is 12.6. The Balaban J connectivity index is 2.64. The number of benzene rings is 1. The summed E-state index contributed by atoms with van der Waals surface area (Å²) in [7, 11) is -1.63. The van der Waals surface area contributed by atoms with Crippen LogP contribution in [0.5, 0.6) is 0 Å². The van der Waals surface area contributed by atoms with E-state index in [4.69, 9.17) is 4.43 Å². The monoisotopic (exact) mass is 262 g/mol. The molecule has 0 spiro atoms. The van der Waals surface area contributed by atoms with Gasteiger partial charge in [0.15, 0.2) is 8.32 Å². The van der Waals surface area contributed by atoms with Gasteiger partial charge in [-0.3, -0.25) is 0 Å². The van der Waals surface area contributed by atoms with E-state index in [1.54, 1.807) is 0 Å². The lowest BCUT2D eigenvalue weighted by Crippen LogP contribution is -2.40. The summed E-state index contributed by atoms with van der Waals surface area (Å²) in [4.78, 5) is 0. The molecule has 0 aromatic heterocycles. The molecular weight excluding hydrogens is 236 g/mol. The zero-order valence-corrected chi connectivity index (χ0v) is 13.6. The van der Waals surface area contributed by atoms with Crippen LogP contribution >= 0.6 is 0 Å². The van der Waals surface area contributed by atoms with Crippen LogP contribution in [0.4, 0.5) is 0 Å². The van der Waals surface area contributed by atoms with Gasteiger partial charge < -0.3 is 4.43 Å². The Morgan fingerprint density at radius 3 is 2.11 bits per heavy atom. The molecule has 2 heteroatoms. The van der Waals surface area contributed by atoms with Crippen molar-refractivity contribution >= 4 is 14.4 Å². The Morgan fingerprint density at radius 1 is 1.11 bits per heavy atom. The van der Waals surface area contributed by atoms with E-state index < -0.39 is 8.32 Å². The smallest absolute Gasteiger partial charge is 0.192 e. The van der Waals surface area contributed by atoms with Gasteiger partial charge in [0.2, 0.25) is 0 Å². The summed E-state index contributed by atoms with van der Waals surface area (Å²) in [6.45, 7) is 14.2. The lowest BCUT2D eigenvalue weighted by molar-refractivity contribution is 0.276. The van der Waals surface area contributed by atoms with Gasteiger partial charge in [-0.1, -0.05) is 57.2 Å². The summed E-state index contributed by atoms with van der Waals surface area (Å²) in [5.41, 5.74) is 2.50. The van der Waals surface area contributed by atoms with Crippen molar-refractivity contribution < 1.29 is 4.43 Å². The molecule has 0 fully saturated rings. The predicted molar refractivity (Wildman–Crippen MR) is 83.1 cm³/mol. The molecule has 0 N–H and O–H groups in total. The molecule has 1 nitrogen and oxygen atoms in total. The molecule has 1 aromatic rings. The van der Waals surface area contributed by atoms with Gasteiger partial charge in [0.25, 0.3) is 0 Å². The van der Waals surface area contributed by atoms with Crippen LogP contribution < -0.4 is 0 Å². The van der Waals surface area contributed by atoms with Gasteiger partial charge in [0, 0.05) is 0 Å². The van der Waals surface area contributed by atoms with E-state index in [2.05, 4.69) is 70.3 Å². The van der Waals surface area contributed by atoms with Crippen LogP contribution in [-0.4, -0.2) is 8.32 Å². The highest BCUT2D eigenvalue weighted by Gasteiger charge is 2.36. The molecule has 0 saturated carbocycles. The number of rotatable bonds is 4. The second-order valence-corrected chi connectivity index (χ2v) is 11.1. The molecule has 0 amide bonds. The van der Waals surface area contributed by atoms with Crippen molar-refractivity contribution in [2.75, 3.05) is 0 Å². The van der Waals surface area contributed by atoms with Crippen LogP contribution in [0.1, 0.15) is 38.8 Å². The lowest BCUT2D eigenvalue weighted by atomic mass is 10.1. The van der Waals surface area contributed by atoms with E-state index >= 15 is 0 Å². The molecular formula is C16H26OSi. The highest BCUT2D eigenvalue weighted by atomic mass is 28.4. The van der Waals surface area contributed by atoms with Crippen LogP contribution in [0, 0.1) is 0 Å². The van der Waals surface area contributed by atoms with E-state index in [1.165, 1.54) is 11.1 Å². The van der Waals surface area contributed by atoms with Gasteiger partial charge in [-0.25, -0.2) is 0 Å². The van der Waals surface area contributed by atoms with Gasteiger partial charge in [-0.2, -0.15) is 0 Å². The Kier molecular flexibility index (Phi) is 4.94. The van der Waals surface area contributed by atoms with E-state index in [9.17, 15) is 0 Å². The SMILES string of the molecule is CC=Cc1ccc(CO[Si](C)(C)C(C)(C)C)cc1. The zero-order chi connectivity index (χ0) is 13.8. The van der Waals surface area contributed by atoms with Crippen molar-refractivity contribution in [2.45, 2.75) is 52.4 Å². The van der Waals surface area contributed by atoms with Crippen molar-refractivity contribution in [3.8, 4) is 0 Å². The average Bonchev–Trinajstić information content (AvgIpc) is 2.27. The topological polar surface area (TPSA) is 9.23 Å². The van der Waals surface area contributed by atoms with Crippen molar-refractivity contribution in [3.05, 3.63) is 41.5 Å². The fourth-order valence-electron chi connectivity index (χ4n) is 1.40. The van der Waals surface area contributed by atoms with E-state index in [-0.39, 0.29) is 5.04 Å². The highest BCUT2D eigenvalue weighted by molar-refractivity contribution is 6.74. The third-order valence-corrected chi connectivity index (χ3v) is 8.22. The van der Waals surface area contributed by atoms with Gasteiger partial charge in [0.05, 0.1) is 6.61 Å². The van der Waals surface area contributed by atoms with Crippen molar-refractivity contribution in [1.82, 2.24) is 0 Å². The molecule has 0 atom stereocenters. The normalized spacial score (nSPS) is 13.2. The second-order valence-electron chi connectivity index (χ2n) is 6.29. The maximum Gasteiger partial charge on any atom is 0.192 e. The number of allylic oxidation sites excluding steroid dienone is 1. The molecule has 0 aliphatic heterocycles. The average molecular weight is 262 g/mol. The van der Waals surface area contributed by atoms with E-state index in [0.29, 0.717) is 0 Å². The molecule has 0 radical (unpaired) electrons. The van der Waals surface area contributed by atoms with Gasteiger partial charge in [-0.05, 0) is 36.2 Å². The Bertz CT molecular complexity index is 396. The molecule has 18 heavy (non-hydrogen) atoms. The Morgan fingerprint density at radius 2 is 1.67 bits per heavy atom. The largest absolute Gasteiger partial charge is 0.413 e. The molecule has 0 unspecified atom stereocenters. The first-order chi connectivity index (χ1) is 8.26. The van der Waals surface area contributed by atoms with Gasteiger partial charge >= 0.3 is 0 Å². The minimum absolute atomic E-state index is 0.276. The Hall–Kier alpha value is -0.863. The summed E-state index contributed by atoms with van der Waals surface area (Å²) in [5, 5.41) is 0.276. The minimum Gasteiger partial charge on any atom is -0.413 e. The quantitative estimate of drug-likeness (QED) is 0.674. The first-order valence-corrected chi connectivity index (χ1v) is 9.53. The fourth-order valence-corrected chi connectivity index (χ4v) is 2.36. The van der Waals surface area contributed by atoms with Gasteiger partial charge in [-0.15, -0.1) is 0 Å². The molecule has 100 valence electrons. The van der Waals surface area contributed by atoms with Crippen LogP contribution in [0.3, 0.4) is 0 Å². The van der Waals surface area contributed by atoms with Crippen LogP contribution in [0.25, 0.3) is 6.08 Å². The number of hydrogen-bond acceptors (Lipinski definition) is 1. The van der Waals surface area contributed by atoms with Gasteiger partial charge in [0.1, 0.15) is 0 Å². The first kappa shape index (κ1) is 15.2. The summed E-state index contributed by atoms with van der Waals surface area (Å²) in [5.74, 6) is 0. The minimum atomic E-state index is -1.63. The van der Waals surface area contributed by atoms with Crippen molar-refractivity contribution in [1.29, 1.82) is 0 Å². The third-order valence-electron chi connectivity index (χ3n) is 3.74. The molecule has 1 rings (SSSR count). The molecule has 1 aromatic carbocycles. The molecule has 0 heterocycles. The fraction of sp³-hybridized carbons (Fsp3) is 0.500. The van der Waals surface area contributed by atoms with Crippen LogP contribution in [-0.2, 0) is 11.0 Å². The molecule has 0 bridgehead atoms. The van der Waals surface area contributed by atoms with Crippen molar-refractivity contribution in [2.24, 2.45) is 0 Å². The maximum atomic E-state index is 6.20. The maximum absolute atomic E-state index is 6.20. The summed E-state index contributed by atoms with van der Waals surface area (Å²) in [6.07, 6.45) is 4.17. The first-order valence-electron chi connectivity index (χ1n) is 6.62. The summed E-state index contributed by atoms with van der Waals surface area (Å²) in [6, 6.07) is 8.60. The number of hydrogen-bond donors (Lipinski definition) is 0. The lowest BCUT2D eigenvalue weighted by Gasteiger charge is -2.36. The summed E-state index contributed by atoms with van der Waals surface area (Å²) < 4.78 is 6.20. The Labute approximate surface area is 113 Å². The van der Waals surface area contributed by atoms with Crippen LogP contribution in [0.2, 0.25) is 18.1 Å². The summed E-state index contributed by atoms with van der Waals surface area (Å²) >= 11 is 0. The third kappa shape index (κ3) is 4.11. The van der Waals surface area contributed by atoms with E-state index in [1.807, 2.05) is 6.92 Å². The van der Waals surface area contributed by atoms with Crippen LogP contribution in [0.15, 0.2) is 30.3 Å². The van der Waals surface area contributed by atoms with E-state index in [0.717, 1.165) is 6.61 Å². The standard InChI is InChI=1S/C16H26OSi/c1-7-8-14-9-11-15(12-10-14)13-17-18(5,6)16(2,3)4/h7-12H,13H2,1-6H3. The predicted octanol–water partition coefficient (Wildman–Crippen LogP) is 5.24. The molecule has 0 saturated heterocycles. The highest BCUT2D eigenvalue weighted by Crippen LogP contribution is 2.37.